The van der Waals surface area contributed by atoms with Crippen LogP contribution in [0.2, 0.25) is 0 Å². The Balaban J connectivity index is 2.18. The van der Waals surface area contributed by atoms with Crippen molar-refractivity contribution < 1.29 is 24.2 Å². The zero-order valence-electron chi connectivity index (χ0n) is 14.4. The molecule has 25 heavy (non-hydrogen) atoms. The predicted molar refractivity (Wildman–Crippen MR) is 92.8 cm³/mol. The number of allylic oxidation sites excluding steroid dienone is 1. The topological polar surface area (TPSA) is 75.7 Å². The number of aryl methyl sites for hydroxylation is 2. The number of carbonyl (C=O) groups excluding carboxylic acids is 2. The molecule has 0 aromatic heterocycles. The van der Waals surface area contributed by atoms with Crippen LogP contribution in [0.1, 0.15) is 27.0 Å². The van der Waals surface area contributed by atoms with E-state index < -0.39 is 12.6 Å². The van der Waals surface area contributed by atoms with E-state index in [1.807, 2.05) is 26.0 Å². The number of methoxy groups -OCH3 is 1. The van der Waals surface area contributed by atoms with Gasteiger partial charge in [-0.25, -0.2) is 0 Å². The lowest BCUT2D eigenvalue weighted by atomic mass is 10.0. The van der Waals surface area contributed by atoms with E-state index in [2.05, 4.69) is 6.07 Å². The number of rotatable bonds is 7. The fourth-order valence-corrected chi connectivity index (χ4v) is 2.35. The van der Waals surface area contributed by atoms with Gasteiger partial charge in [0.05, 0.1) is 13.1 Å². The molecule has 0 heterocycles. The first kappa shape index (κ1) is 18.3. The van der Waals surface area contributed by atoms with Gasteiger partial charge in [-0.1, -0.05) is 29.8 Å². The average Bonchev–Trinajstić information content (AvgIpc) is 2.58. The van der Waals surface area contributed by atoms with E-state index >= 15 is 0 Å². The summed E-state index contributed by atoms with van der Waals surface area (Å²) in [5.74, 6) is -1.00. The summed E-state index contributed by atoms with van der Waals surface area (Å²) in [7, 11) is 1.42. The van der Waals surface area contributed by atoms with E-state index in [-0.39, 0.29) is 17.3 Å². The van der Waals surface area contributed by atoms with Gasteiger partial charge < -0.3 is 19.4 Å². The van der Waals surface area contributed by atoms with E-state index in [4.69, 9.17) is 9.47 Å². The second-order valence-corrected chi connectivity index (χ2v) is 5.58. The summed E-state index contributed by atoms with van der Waals surface area (Å²) in [6, 6.07) is 10.6. The van der Waals surface area contributed by atoms with E-state index in [1.54, 1.807) is 12.1 Å². The molecule has 0 aliphatic heterocycles. The van der Waals surface area contributed by atoms with Gasteiger partial charge in [0.2, 0.25) is 0 Å². The highest BCUT2D eigenvalue weighted by atomic mass is 16.5. The third-order valence-electron chi connectivity index (χ3n) is 3.63. The van der Waals surface area contributed by atoms with Gasteiger partial charge in [-0.3, -0.25) is 4.79 Å². The lowest BCUT2D eigenvalue weighted by molar-refractivity contribution is -0.307. The number of ketones is 1. The number of hydrogen-bond donors (Lipinski definition) is 0. The molecule has 5 heteroatoms. The van der Waals surface area contributed by atoms with Crippen molar-refractivity contribution in [3.05, 3.63) is 64.7 Å². The molecular weight excluding hydrogens is 320 g/mol. The summed E-state index contributed by atoms with van der Waals surface area (Å²) >= 11 is 0. The zero-order chi connectivity index (χ0) is 18.4. The Labute approximate surface area is 146 Å². The minimum Gasteiger partial charge on any atom is -0.546 e. The van der Waals surface area contributed by atoms with Crippen molar-refractivity contribution >= 4 is 17.8 Å². The Bertz CT molecular complexity index is 821. The normalized spacial score (nSPS) is 10.7. The number of benzene rings is 2. The van der Waals surface area contributed by atoms with Crippen molar-refractivity contribution in [3.63, 3.8) is 0 Å². The maximum atomic E-state index is 12.4. The first-order valence-corrected chi connectivity index (χ1v) is 7.71. The summed E-state index contributed by atoms with van der Waals surface area (Å²) in [6.45, 7) is 3.42. The van der Waals surface area contributed by atoms with E-state index in [9.17, 15) is 14.7 Å². The van der Waals surface area contributed by atoms with E-state index in [1.165, 1.54) is 25.3 Å². The summed E-state index contributed by atoms with van der Waals surface area (Å²) in [5.41, 5.74) is 3.64. The van der Waals surface area contributed by atoms with Gasteiger partial charge in [0, 0.05) is 5.56 Å². The van der Waals surface area contributed by atoms with Crippen LogP contribution in [0.3, 0.4) is 0 Å². The Morgan fingerprint density at radius 2 is 1.84 bits per heavy atom. The molecule has 2 rings (SSSR count). The van der Waals surface area contributed by atoms with Gasteiger partial charge in [0.1, 0.15) is 6.61 Å². The van der Waals surface area contributed by atoms with Crippen LogP contribution in [0, 0.1) is 13.8 Å². The number of aliphatic carboxylic acids is 1. The lowest BCUT2D eigenvalue weighted by Gasteiger charge is -2.11. The van der Waals surface area contributed by atoms with E-state index in [0.717, 1.165) is 16.7 Å². The number of hydrogen-bond acceptors (Lipinski definition) is 5. The third kappa shape index (κ3) is 4.94. The molecule has 5 nitrogen and oxygen atoms in total. The van der Waals surface area contributed by atoms with Crippen LogP contribution in [0.5, 0.6) is 11.5 Å². The molecule has 0 saturated heterocycles. The number of carboxylic acids is 1. The summed E-state index contributed by atoms with van der Waals surface area (Å²) < 4.78 is 10.2. The minimum absolute atomic E-state index is 0.190. The quantitative estimate of drug-likeness (QED) is 0.572. The summed E-state index contributed by atoms with van der Waals surface area (Å²) in [5, 5.41) is 10.5. The van der Waals surface area contributed by atoms with Crippen LogP contribution >= 0.6 is 0 Å². The fourth-order valence-electron chi connectivity index (χ4n) is 2.35. The molecule has 0 spiro atoms. The van der Waals surface area contributed by atoms with Crippen LogP contribution in [-0.4, -0.2) is 25.5 Å². The van der Waals surface area contributed by atoms with Gasteiger partial charge in [0.25, 0.3) is 0 Å². The lowest BCUT2D eigenvalue weighted by Crippen LogP contribution is -2.29. The zero-order valence-corrected chi connectivity index (χ0v) is 14.4. The molecular formula is C20H19O5-. The summed E-state index contributed by atoms with van der Waals surface area (Å²) in [6.07, 6.45) is 3.26. The van der Waals surface area contributed by atoms with Gasteiger partial charge in [-0.2, -0.15) is 0 Å². The standard InChI is InChI=1S/C20H20O5/c1-13-4-5-15(14(2)10-13)6-8-17(21)16-7-9-18(19(11-16)24-3)25-12-20(22)23/h4-11H,12H2,1-3H3,(H,22,23)/p-1/b8-6+. The molecule has 0 amide bonds. The number of carbonyl (C=O) groups is 2. The minimum atomic E-state index is -1.33. The number of carboxylic acid groups (broad SMARTS) is 1. The van der Waals surface area contributed by atoms with Gasteiger partial charge in [0.15, 0.2) is 17.3 Å². The maximum Gasteiger partial charge on any atom is 0.185 e. The van der Waals surface area contributed by atoms with Crippen LogP contribution in [-0.2, 0) is 4.79 Å². The van der Waals surface area contributed by atoms with Crippen molar-refractivity contribution in [2.45, 2.75) is 13.8 Å². The molecule has 130 valence electrons. The SMILES string of the molecule is COc1cc(C(=O)/C=C/c2ccc(C)cc2C)ccc1OCC(=O)[O-]. The van der Waals surface area contributed by atoms with Gasteiger partial charge in [-0.15, -0.1) is 0 Å². The van der Waals surface area contributed by atoms with Crippen molar-refractivity contribution in [1.82, 2.24) is 0 Å². The second kappa shape index (κ2) is 8.15. The molecule has 0 saturated carbocycles. The smallest absolute Gasteiger partial charge is 0.185 e. The first-order valence-electron chi connectivity index (χ1n) is 7.71. The molecule has 2 aromatic rings. The third-order valence-corrected chi connectivity index (χ3v) is 3.63. The second-order valence-electron chi connectivity index (χ2n) is 5.58. The van der Waals surface area contributed by atoms with Crippen molar-refractivity contribution in [2.24, 2.45) is 0 Å². The molecule has 0 aliphatic carbocycles. The van der Waals surface area contributed by atoms with E-state index in [0.29, 0.717) is 5.56 Å². The van der Waals surface area contributed by atoms with Crippen LogP contribution in [0.4, 0.5) is 0 Å². The highest BCUT2D eigenvalue weighted by Gasteiger charge is 2.10. The molecule has 0 bridgehead atoms. The molecule has 0 unspecified atom stereocenters. The van der Waals surface area contributed by atoms with Crippen LogP contribution < -0.4 is 14.6 Å². The largest absolute Gasteiger partial charge is 0.546 e. The monoisotopic (exact) mass is 339 g/mol. The van der Waals surface area contributed by atoms with Crippen LogP contribution in [0.25, 0.3) is 6.08 Å². The molecule has 0 atom stereocenters. The Morgan fingerprint density at radius 1 is 1.08 bits per heavy atom. The Kier molecular flexibility index (Phi) is 5.95. The van der Waals surface area contributed by atoms with Crippen molar-refractivity contribution in [3.8, 4) is 11.5 Å². The fraction of sp³-hybridized carbons (Fsp3) is 0.200. The van der Waals surface area contributed by atoms with Gasteiger partial charge in [-0.05, 0) is 49.2 Å². The Hall–Kier alpha value is -3.08. The highest BCUT2D eigenvalue weighted by Crippen LogP contribution is 2.28. The number of ether oxygens (including phenoxy) is 2. The highest BCUT2D eigenvalue weighted by molar-refractivity contribution is 6.07. The van der Waals surface area contributed by atoms with Crippen molar-refractivity contribution in [2.75, 3.05) is 13.7 Å². The van der Waals surface area contributed by atoms with Crippen LogP contribution in [0.15, 0.2) is 42.5 Å². The maximum absolute atomic E-state index is 12.4. The molecule has 0 radical (unpaired) electrons. The first-order chi connectivity index (χ1) is 11.9. The van der Waals surface area contributed by atoms with Crippen molar-refractivity contribution in [1.29, 1.82) is 0 Å². The Morgan fingerprint density at radius 3 is 2.48 bits per heavy atom. The molecule has 0 aliphatic rings. The molecule has 2 aromatic carbocycles. The summed E-state index contributed by atoms with van der Waals surface area (Å²) in [4.78, 5) is 22.8. The molecule has 0 fully saturated rings. The molecule has 0 N–H and O–H groups in total. The van der Waals surface area contributed by atoms with Gasteiger partial charge >= 0.3 is 0 Å². The predicted octanol–water partition coefficient (Wildman–Crippen LogP) is 2.34. The average molecular weight is 339 g/mol.